The van der Waals surface area contributed by atoms with Gasteiger partial charge in [-0.05, 0) is 35.9 Å². The fourth-order valence-electron chi connectivity index (χ4n) is 1.62. The fraction of sp³-hybridized carbons (Fsp3) is 0.308. The van der Waals surface area contributed by atoms with Crippen molar-refractivity contribution >= 4 is 28.7 Å². The predicted molar refractivity (Wildman–Crippen MR) is 67.0 cm³/mol. The van der Waals surface area contributed by atoms with Crippen molar-refractivity contribution in [3.05, 3.63) is 35.6 Å². The van der Waals surface area contributed by atoms with Gasteiger partial charge in [0.15, 0.2) is 5.76 Å². The van der Waals surface area contributed by atoms with Crippen LogP contribution < -0.4 is 5.11 Å². The van der Waals surface area contributed by atoms with Crippen LogP contribution in [-0.4, -0.2) is 11.7 Å². The van der Waals surface area contributed by atoms with Crippen molar-refractivity contribution in [2.24, 2.45) is 0 Å². The van der Waals surface area contributed by atoms with E-state index in [2.05, 4.69) is 6.92 Å². The van der Waals surface area contributed by atoms with Crippen LogP contribution in [-0.2, 0) is 5.75 Å². The molecular weight excluding hydrogens is 236 g/mol. The summed E-state index contributed by atoms with van der Waals surface area (Å²) in [6, 6.07) is 7.25. The molecule has 1 aromatic heterocycles. The lowest BCUT2D eigenvalue weighted by molar-refractivity contribution is -0.256. The van der Waals surface area contributed by atoms with Gasteiger partial charge in [-0.2, -0.15) is 11.8 Å². The lowest BCUT2D eigenvalue weighted by Gasteiger charge is -2.00. The summed E-state index contributed by atoms with van der Waals surface area (Å²) < 4.78 is 5.14. The Balaban J connectivity index is 2.21. The van der Waals surface area contributed by atoms with E-state index in [-0.39, 0.29) is 5.76 Å². The number of fused-ring (bicyclic) bond motifs is 1. The van der Waals surface area contributed by atoms with Crippen LogP contribution in [0.3, 0.4) is 0 Å². The Morgan fingerprint density at radius 2 is 2.24 bits per heavy atom. The average Bonchev–Trinajstić information content (AvgIpc) is 2.72. The van der Waals surface area contributed by atoms with Crippen LogP contribution in [0.1, 0.15) is 29.5 Å². The predicted octanol–water partition coefficient (Wildman–Crippen LogP) is 2.44. The molecule has 0 saturated heterocycles. The molecule has 0 amide bonds. The first-order chi connectivity index (χ1) is 8.20. The van der Waals surface area contributed by atoms with Gasteiger partial charge in [0.05, 0.1) is 0 Å². The second-order valence-electron chi connectivity index (χ2n) is 3.82. The number of hydrogen-bond donors (Lipinski definition) is 0. The Hall–Kier alpha value is -1.42. The molecule has 17 heavy (non-hydrogen) atoms. The maximum Gasteiger partial charge on any atom is 0.150 e. The summed E-state index contributed by atoms with van der Waals surface area (Å²) in [5.74, 6) is 0.685. The molecule has 0 atom stereocenters. The summed E-state index contributed by atoms with van der Waals surface area (Å²) in [6.07, 6.45) is 1.16. The third-order valence-electron chi connectivity index (χ3n) is 2.40. The van der Waals surface area contributed by atoms with Crippen molar-refractivity contribution in [1.29, 1.82) is 0 Å². The molecule has 0 bridgehead atoms. The highest BCUT2D eigenvalue weighted by Gasteiger charge is 2.05. The summed E-state index contributed by atoms with van der Waals surface area (Å²) in [4.78, 5) is 10.7. The number of carbonyl (C=O) groups excluding carboxylic acids is 1. The minimum Gasteiger partial charge on any atom is -0.542 e. The van der Waals surface area contributed by atoms with E-state index >= 15 is 0 Å². The standard InChI is InChI=1S/C13H14O3S/c1-2-5-17-8-9-3-4-11-10(6-9)7-12(16-11)13(14)15/h3-4,6-7H,2,5,8H2,1H3,(H,14,15)/p-1. The monoisotopic (exact) mass is 249 g/mol. The van der Waals surface area contributed by atoms with E-state index < -0.39 is 5.97 Å². The molecule has 0 radical (unpaired) electrons. The first kappa shape index (κ1) is 12.0. The topological polar surface area (TPSA) is 53.3 Å². The number of thioether (sulfide) groups is 1. The molecule has 0 aliphatic carbocycles. The highest BCUT2D eigenvalue weighted by atomic mass is 32.2. The van der Waals surface area contributed by atoms with Crippen LogP contribution in [0.25, 0.3) is 11.0 Å². The summed E-state index contributed by atoms with van der Waals surface area (Å²) in [7, 11) is 0. The number of aromatic carboxylic acids is 1. The molecule has 90 valence electrons. The number of hydrogen-bond acceptors (Lipinski definition) is 4. The van der Waals surface area contributed by atoms with Crippen LogP contribution in [0, 0.1) is 0 Å². The van der Waals surface area contributed by atoms with Crippen LogP contribution in [0.4, 0.5) is 0 Å². The molecule has 1 aromatic carbocycles. The molecule has 3 nitrogen and oxygen atoms in total. The Kier molecular flexibility index (Phi) is 3.74. The third-order valence-corrected chi connectivity index (χ3v) is 3.63. The number of rotatable bonds is 5. The van der Waals surface area contributed by atoms with Crippen molar-refractivity contribution in [2.45, 2.75) is 19.1 Å². The smallest absolute Gasteiger partial charge is 0.150 e. The summed E-state index contributed by atoms with van der Waals surface area (Å²) in [5.41, 5.74) is 1.77. The number of carboxylic acid groups (broad SMARTS) is 1. The van der Waals surface area contributed by atoms with Crippen molar-refractivity contribution in [3.63, 3.8) is 0 Å². The van der Waals surface area contributed by atoms with Gasteiger partial charge in [-0.25, -0.2) is 0 Å². The zero-order valence-corrected chi connectivity index (χ0v) is 10.4. The van der Waals surface area contributed by atoms with E-state index in [9.17, 15) is 9.90 Å². The molecule has 2 rings (SSSR count). The van der Waals surface area contributed by atoms with Gasteiger partial charge in [0.2, 0.25) is 0 Å². The van der Waals surface area contributed by atoms with Crippen molar-refractivity contribution < 1.29 is 14.3 Å². The Morgan fingerprint density at radius 1 is 1.41 bits per heavy atom. The molecule has 0 N–H and O–H groups in total. The zero-order valence-electron chi connectivity index (χ0n) is 9.56. The van der Waals surface area contributed by atoms with E-state index in [1.54, 1.807) is 0 Å². The number of carbonyl (C=O) groups is 1. The zero-order chi connectivity index (χ0) is 12.3. The average molecular weight is 249 g/mol. The second-order valence-corrected chi connectivity index (χ2v) is 4.93. The number of benzene rings is 1. The molecule has 0 saturated carbocycles. The van der Waals surface area contributed by atoms with Crippen molar-refractivity contribution in [3.8, 4) is 0 Å². The van der Waals surface area contributed by atoms with Crippen molar-refractivity contribution in [2.75, 3.05) is 5.75 Å². The molecule has 0 spiro atoms. The lowest BCUT2D eigenvalue weighted by atomic mass is 10.2. The Labute approximate surface area is 104 Å². The van der Waals surface area contributed by atoms with Crippen LogP contribution in [0.5, 0.6) is 0 Å². The van der Waals surface area contributed by atoms with Crippen LogP contribution in [0.2, 0.25) is 0 Å². The maximum atomic E-state index is 10.7. The van der Waals surface area contributed by atoms with Gasteiger partial charge in [-0.3, -0.25) is 0 Å². The van der Waals surface area contributed by atoms with E-state index in [4.69, 9.17) is 4.42 Å². The van der Waals surface area contributed by atoms with Gasteiger partial charge in [0.25, 0.3) is 0 Å². The molecular formula is C13H13O3S-. The summed E-state index contributed by atoms with van der Waals surface area (Å²) >= 11 is 1.87. The van der Waals surface area contributed by atoms with E-state index in [0.29, 0.717) is 5.58 Å². The number of carboxylic acids is 1. The lowest BCUT2D eigenvalue weighted by Crippen LogP contribution is -2.21. The SMILES string of the molecule is CCCSCc1ccc2oc(C(=O)[O-])cc2c1. The molecule has 0 fully saturated rings. The molecule has 0 unspecified atom stereocenters. The normalized spacial score (nSPS) is 10.9. The minimum atomic E-state index is -1.27. The van der Waals surface area contributed by atoms with E-state index in [1.165, 1.54) is 11.6 Å². The number of furan rings is 1. The molecule has 2 aromatic rings. The minimum absolute atomic E-state index is 0.113. The van der Waals surface area contributed by atoms with Crippen molar-refractivity contribution in [1.82, 2.24) is 0 Å². The van der Waals surface area contributed by atoms with Gasteiger partial charge in [0.1, 0.15) is 11.6 Å². The van der Waals surface area contributed by atoms with E-state index in [0.717, 1.165) is 23.3 Å². The van der Waals surface area contributed by atoms with Crippen LogP contribution >= 0.6 is 11.8 Å². The fourth-order valence-corrected chi connectivity index (χ4v) is 2.47. The van der Waals surface area contributed by atoms with Gasteiger partial charge < -0.3 is 14.3 Å². The van der Waals surface area contributed by atoms with Gasteiger partial charge in [0, 0.05) is 11.1 Å². The van der Waals surface area contributed by atoms with Gasteiger partial charge >= 0.3 is 0 Å². The first-order valence-corrected chi connectivity index (χ1v) is 6.67. The largest absolute Gasteiger partial charge is 0.542 e. The van der Waals surface area contributed by atoms with Gasteiger partial charge in [-0.15, -0.1) is 0 Å². The summed E-state index contributed by atoms with van der Waals surface area (Å²) in [5, 5.41) is 11.5. The quantitative estimate of drug-likeness (QED) is 0.764. The highest BCUT2D eigenvalue weighted by Crippen LogP contribution is 2.22. The van der Waals surface area contributed by atoms with Gasteiger partial charge in [-0.1, -0.05) is 13.0 Å². The third kappa shape index (κ3) is 2.82. The highest BCUT2D eigenvalue weighted by molar-refractivity contribution is 7.98. The second kappa shape index (κ2) is 5.27. The maximum absolute atomic E-state index is 10.7. The Bertz CT molecular complexity index is 530. The van der Waals surface area contributed by atoms with Crippen LogP contribution in [0.15, 0.2) is 28.7 Å². The first-order valence-electron chi connectivity index (χ1n) is 5.52. The molecule has 4 heteroatoms. The molecule has 0 aliphatic heterocycles. The summed E-state index contributed by atoms with van der Waals surface area (Å²) in [6.45, 7) is 2.15. The molecule has 0 aliphatic rings. The van der Waals surface area contributed by atoms with E-state index in [1.807, 2.05) is 30.0 Å². The Morgan fingerprint density at radius 3 is 2.94 bits per heavy atom. The molecule has 1 heterocycles.